The lowest BCUT2D eigenvalue weighted by Gasteiger charge is -2.06. The van der Waals surface area contributed by atoms with Gasteiger partial charge in [0.1, 0.15) is 0 Å². The topological polar surface area (TPSA) is 37.3 Å². The quantitative estimate of drug-likeness (QED) is 0.785. The number of benzene rings is 2. The zero-order chi connectivity index (χ0) is 10.9. The van der Waals surface area contributed by atoms with E-state index >= 15 is 0 Å². The van der Waals surface area contributed by atoms with Crippen molar-refractivity contribution in [1.29, 1.82) is 0 Å². The van der Waals surface area contributed by atoms with Gasteiger partial charge in [-0.15, -0.1) is 0 Å². The molecule has 0 radical (unpaired) electrons. The summed E-state index contributed by atoms with van der Waals surface area (Å²) < 4.78 is 0. The van der Waals surface area contributed by atoms with Gasteiger partial charge in [-0.2, -0.15) is 0 Å². The van der Waals surface area contributed by atoms with Crippen molar-refractivity contribution in [2.24, 2.45) is 5.92 Å². The first kappa shape index (κ1) is 8.34. The molecule has 2 heteroatoms. The lowest BCUT2D eigenvalue weighted by molar-refractivity contribution is -0.138. The highest BCUT2D eigenvalue weighted by Gasteiger charge is 2.60. The number of carbonyl (C=O) groups is 1. The molecule has 2 aliphatic rings. The fourth-order valence-electron chi connectivity index (χ4n) is 3.35. The maximum atomic E-state index is 11.1. The molecule has 2 nitrogen and oxygen atoms in total. The van der Waals surface area contributed by atoms with E-state index in [4.69, 9.17) is 5.11 Å². The normalized spacial score (nSPS) is 29.1. The largest absolute Gasteiger partial charge is 0.481 e. The van der Waals surface area contributed by atoms with Crippen molar-refractivity contribution in [3.63, 3.8) is 0 Å². The fourth-order valence-corrected chi connectivity index (χ4v) is 3.35. The number of fused-ring (bicyclic) bond motifs is 3. The summed E-state index contributed by atoms with van der Waals surface area (Å²) in [6.45, 7) is 0. The third kappa shape index (κ3) is 0.778. The van der Waals surface area contributed by atoms with Gasteiger partial charge in [0.05, 0.1) is 5.92 Å². The second-order valence-corrected chi connectivity index (χ2v) is 4.71. The second-order valence-electron chi connectivity index (χ2n) is 4.71. The molecule has 1 N–H and O–H groups in total. The summed E-state index contributed by atoms with van der Waals surface area (Å²) in [7, 11) is 0. The van der Waals surface area contributed by atoms with E-state index in [2.05, 4.69) is 24.3 Å². The van der Waals surface area contributed by atoms with Gasteiger partial charge in [-0.1, -0.05) is 36.4 Å². The summed E-state index contributed by atoms with van der Waals surface area (Å²) in [5, 5.41) is 11.7. The van der Waals surface area contributed by atoms with E-state index in [1.807, 2.05) is 12.1 Å². The van der Waals surface area contributed by atoms with Crippen molar-refractivity contribution in [2.75, 3.05) is 0 Å². The van der Waals surface area contributed by atoms with Crippen LogP contribution in [0, 0.1) is 5.92 Å². The Labute approximate surface area is 92.5 Å². The van der Waals surface area contributed by atoms with Crippen LogP contribution in [-0.2, 0) is 4.79 Å². The van der Waals surface area contributed by atoms with Crippen molar-refractivity contribution in [3.8, 4) is 0 Å². The average Bonchev–Trinajstić information content (AvgIpc) is 2.95. The van der Waals surface area contributed by atoms with Crippen LogP contribution in [0.2, 0.25) is 0 Å². The summed E-state index contributed by atoms with van der Waals surface area (Å²) in [4.78, 5) is 11.1. The lowest BCUT2D eigenvalue weighted by Crippen LogP contribution is -2.02. The zero-order valence-corrected chi connectivity index (χ0v) is 8.55. The number of carboxylic acids is 1. The van der Waals surface area contributed by atoms with Gasteiger partial charge < -0.3 is 5.11 Å². The lowest BCUT2D eigenvalue weighted by atomic mass is 9.98. The van der Waals surface area contributed by atoms with E-state index in [0.717, 1.165) is 0 Å². The Morgan fingerprint density at radius 1 is 1.00 bits per heavy atom. The standard InChI is InChI=1S/C14H10O2/c15-14(16)13-11-8-5-1-3-7-4-2-6-9(10(7)8)12(11)13/h1-6,11-13H,(H,15,16). The van der Waals surface area contributed by atoms with Crippen LogP contribution in [-0.4, -0.2) is 11.1 Å². The van der Waals surface area contributed by atoms with Crippen LogP contribution in [0.25, 0.3) is 10.8 Å². The minimum Gasteiger partial charge on any atom is -0.481 e. The Hall–Kier alpha value is -1.83. The number of carboxylic acid groups (broad SMARTS) is 1. The summed E-state index contributed by atoms with van der Waals surface area (Å²) in [5.41, 5.74) is 2.48. The monoisotopic (exact) mass is 210 g/mol. The minimum atomic E-state index is -0.651. The Morgan fingerprint density at radius 2 is 1.56 bits per heavy atom. The van der Waals surface area contributed by atoms with E-state index in [9.17, 15) is 4.79 Å². The van der Waals surface area contributed by atoms with Crippen LogP contribution in [0.4, 0.5) is 0 Å². The fraction of sp³-hybridized carbons (Fsp3) is 0.214. The zero-order valence-electron chi connectivity index (χ0n) is 8.55. The van der Waals surface area contributed by atoms with E-state index in [-0.39, 0.29) is 17.8 Å². The molecule has 0 aromatic heterocycles. The minimum absolute atomic E-state index is 0.180. The molecule has 0 amide bonds. The van der Waals surface area contributed by atoms with Gasteiger partial charge in [-0.25, -0.2) is 0 Å². The van der Waals surface area contributed by atoms with Gasteiger partial charge in [0.25, 0.3) is 0 Å². The molecule has 4 rings (SSSR count). The molecule has 2 aromatic carbocycles. The summed E-state index contributed by atoms with van der Waals surface area (Å²) in [6.07, 6.45) is 0. The van der Waals surface area contributed by atoms with E-state index < -0.39 is 5.97 Å². The van der Waals surface area contributed by atoms with Gasteiger partial charge >= 0.3 is 5.97 Å². The molecule has 16 heavy (non-hydrogen) atoms. The predicted octanol–water partition coefficient (Wildman–Crippen LogP) is 2.74. The highest BCUT2D eigenvalue weighted by Crippen LogP contribution is 2.67. The molecule has 1 fully saturated rings. The van der Waals surface area contributed by atoms with Crippen molar-refractivity contribution in [1.82, 2.24) is 0 Å². The van der Waals surface area contributed by atoms with Crippen molar-refractivity contribution < 1.29 is 9.90 Å². The second kappa shape index (κ2) is 2.46. The average molecular weight is 210 g/mol. The van der Waals surface area contributed by atoms with Gasteiger partial charge in [-0.3, -0.25) is 4.79 Å². The first-order chi connectivity index (χ1) is 7.79. The molecule has 2 unspecified atom stereocenters. The summed E-state index contributed by atoms with van der Waals surface area (Å²) in [6, 6.07) is 12.4. The maximum Gasteiger partial charge on any atom is 0.307 e. The molecule has 78 valence electrons. The van der Waals surface area contributed by atoms with Crippen LogP contribution in [0.5, 0.6) is 0 Å². The molecule has 0 spiro atoms. The van der Waals surface area contributed by atoms with Gasteiger partial charge in [0.2, 0.25) is 0 Å². The van der Waals surface area contributed by atoms with E-state index in [1.165, 1.54) is 21.9 Å². The van der Waals surface area contributed by atoms with Crippen molar-refractivity contribution in [2.45, 2.75) is 11.8 Å². The molecule has 2 aliphatic carbocycles. The number of hydrogen-bond donors (Lipinski definition) is 1. The number of rotatable bonds is 1. The summed E-state index contributed by atoms with van der Waals surface area (Å²) >= 11 is 0. The van der Waals surface area contributed by atoms with E-state index in [0.29, 0.717) is 0 Å². The van der Waals surface area contributed by atoms with Crippen LogP contribution < -0.4 is 0 Å². The third-order valence-corrected chi connectivity index (χ3v) is 3.99. The molecule has 0 saturated heterocycles. The first-order valence-corrected chi connectivity index (χ1v) is 5.53. The number of aliphatic carboxylic acids is 1. The Balaban J connectivity index is 2.02. The molecular weight excluding hydrogens is 200 g/mol. The molecular formula is C14H10O2. The molecule has 0 aliphatic heterocycles. The van der Waals surface area contributed by atoms with Crippen LogP contribution in [0.3, 0.4) is 0 Å². The van der Waals surface area contributed by atoms with Gasteiger partial charge in [-0.05, 0) is 21.9 Å². The van der Waals surface area contributed by atoms with E-state index in [1.54, 1.807) is 0 Å². The Kier molecular flexibility index (Phi) is 1.28. The smallest absolute Gasteiger partial charge is 0.307 e. The highest BCUT2D eigenvalue weighted by atomic mass is 16.4. The van der Waals surface area contributed by atoms with Crippen LogP contribution in [0.15, 0.2) is 36.4 Å². The number of hydrogen-bond acceptors (Lipinski definition) is 1. The highest BCUT2D eigenvalue weighted by molar-refractivity contribution is 5.97. The Bertz CT molecular complexity index is 585. The Morgan fingerprint density at radius 3 is 2.06 bits per heavy atom. The maximum absolute atomic E-state index is 11.1. The summed E-state index contributed by atoms with van der Waals surface area (Å²) in [5.74, 6) is -0.362. The van der Waals surface area contributed by atoms with Crippen LogP contribution >= 0.6 is 0 Å². The van der Waals surface area contributed by atoms with Crippen molar-refractivity contribution >= 4 is 16.7 Å². The third-order valence-electron chi connectivity index (χ3n) is 3.99. The van der Waals surface area contributed by atoms with Gasteiger partial charge in [0, 0.05) is 11.8 Å². The predicted molar refractivity (Wildman–Crippen MR) is 60.6 cm³/mol. The van der Waals surface area contributed by atoms with Gasteiger partial charge in [0.15, 0.2) is 0 Å². The molecule has 0 heterocycles. The van der Waals surface area contributed by atoms with Crippen molar-refractivity contribution in [3.05, 3.63) is 47.5 Å². The SMILES string of the molecule is O=C(O)C1C2c3cccc4cccc(c34)C12. The van der Waals surface area contributed by atoms with Crippen LogP contribution in [0.1, 0.15) is 23.0 Å². The first-order valence-electron chi connectivity index (χ1n) is 5.53. The molecule has 1 saturated carbocycles. The molecule has 2 atom stereocenters. The molecule has 2 aromatic rings. The molecule has 0 bridgehead atoms.